The SMILES string of the molecule is FC(F)CN1CCCCC1.Nc1nc2cc(Cl)ccc2c2ncnn12. The molecule has 1 aliphatic rings. The van der Waals surface area contributed by atoms with Gasteiger partial charge in [0.15, 0.2) is 5.65 Å². The van der Waals surface area contributed by atoms with Crippen molar-refractivity contribution in [1.29, 1.82) is 0 Å². The molecule has 1 saturated heterocycles. The molecule has 0 atom stereocenters. The van der Waals surface area contributed by atoms with Crippen LogP contribution in [-0.2, 0) is 0 Å². The third-order valence-electron chi connectivity index (χ3n) is 4.05. The summed E-state index contributed by atoms with van der Waals surface area (Å²) in [6.07, 6.45) is 2.68. The van der Waals surface area contributed by atoms with E-state index in [1.807, 2.05) is 11.0 Å². The number of halogens is 3. The Balaban J connectivity index is 0.000000160. The van der Waals surface area contributed by atoms with Crippen molar-refractivity contribution in [2.45, 2.75) is 25.7 Å². The molecule has 0 aliphatic carbocycles. The van der Waals surface area contributed by atoms with Crippen LogP contribution < -0.4 is 5.73 Å². The van der Waals surface area contributed by atoms with Crippen molar-refractivity contribution in [3.63, 3.8) is 0 Å². The number of aromatic nitrogens is 4. The van der Waals surface area contributed by atoms with Gasteiger partial charge in [-0.1, -0.05) is 18.0 Å². The number of nitrogens with zero attached hydrogens (tertiary/aromatic N) is 5. The summed E-state index contributed by atoms with van der Waals surface area (Å²) in [7, 11) is 0. The van der Waals surface area contributed by atoms with E-state index >= 15 is 0 Å². The lowest BCUT2D eigenvalue weighted by Gasteiger charge is -2.25. The Bertz CT molecular complexity index is 847. The fraction of sp³-hybridized carbons (Fsp3) is 0.438. The molecular formula is C16H19ClF2N6. The number of hydrogen-bond donors (Lipinski definition) is 1. The lowest BCUT2D eigenvalue weighted by molar-refractivity contribution is 0.0788. The summed E-state index contributed by atoms with van der Waals surface area (Å²) in [5, 5.41) is 5.48. The minimum atomic E-state index is -2.15. The fourth-order valence-corrected chi connectivity index (χ4v) is 3.05. The smallest absolute Gasteiger partial charge is 0.251 e. The molecule has 0 unspecified atom stereocenters. The molecule has 2 N–H and O–H groups in total. The molecule has 3 aromatic rings. The monoisotopic (exact) mass is 368 g/mol. The molecule has 25 heavy (non-hydrogen) atoms. The molecule has 0 radical (unpaired) electrons. The normalized spacial score (nSPS) is 15.5. The van der Waals surface area contributed by atoms with Gasteiger partial charge in [0.25, 0.3) is 6.43 Å². The third kappa shape index (κ3) is 4.32. The molecule has 134 valence electrons. The van der Waals surface area contributed by atoms with Crippen LogP contribution >= 0.6 is 11.6 Å². The van der Waals surface area contributed by atoms with Gasteiger partial charge in [-0.15, -0.1) is 0 Å². The molecule has 0 amide bonds. The minimum Gasteiger partial charge on any atom is -0.368 e. The Hall–Kier alpha value is -2.06. The summed E-state index contributed by atoms with van der Waals surface area (Å²) in [5.41, 5.74) is 7.13. The molecule has 1 aromatic carbocycles. The van der Waals surface area contributed by atoms with Crippen LogP contribution in [-0.4, -0.2) is 50.5 Å². The van der Waals surface area contributed by atoms with Crippen LogP contribution in [0.25, 0.3) is 16.6 Å². The highest BCUT2D eigenvalue weighted by Crippen LogP contribution is 2.21. The van der Waals surface area contributed by atoms with E-state index in [2.05, 4.69) is 15.1 Å². The van der Waals surface area contributed by atoms with E-state index < -0.39 is 6.43 Å². The Morgan fingerprint density at radius 1 is 1.20 bits per heavy atom. The van der Waals surface area contributed by atoms with Crippen molar-refractivity contribution in [2.75, 3.05) is 25.4 Å². The third-order valence-corrected chi connectivity index (χ3v) is 4.28. The van der Waals surface area contributed by atoms with Crippen molar-refractivity contribution >= 4 is 34.1 Å². The molecule has 0 bridgehead atoms. The summed E-state index contributed by atoms with van der Waals surface area (Å²) in [6, 6.07) is 5.40. The van der Waals surface area contributed by atoms with Gasteiger partial charge in [-0.05, 0) is 44.1 Å². The topological polar surface area (TPSA) is 72.3 Å². The van der Waals surface area contributed by atoms with Crippen LogP contribution in [0.4, 0.5) is 14.7 Å². The van der Waals surface area contributed by atoms with Crippen LogP contribution in [0, 0.1) is 0 Å². The number of piperidine rings is 1. The van der Waals surface area contributed by atoms with Gasteiger partial charge in [-0.3, -0.25) is 4.90 Å². The van der Waals surface area contributed by atoms with Gasteiger partial charge in [0.1, 0.15) is 6.33 Å². The predicted molar refractivity (Wildman–Crippen MR) is 94.0 cm³/mol. The van der Waals surface area contributed by atoms with Crippen LogP contribution in [0.3, 0.4) is 0 Å². The van der Waals surface area contributed by atoms with Gasteiger partial charge >= 0.3 is 0 Å². The lowest BCUT2D eigenvalue weighted by Crippen LogP contribution is -2.33. The Morgan fingerprint density at radius 3 is 2.68 bits per heavy atom. The van der Waals surface area contributed by atoms with E-state index in [9.17, 15) is 8.78 Å². The maximum atomic E-state index is 11.8. The summed E-state index contributed by atoms with van der Waals surface area (Å²) >= 11 is 5.87. The van der Waals surface area contributed by atoms with Crippen LogP contribution in [0.15, 0.2) is 24.5 Å². The van der Waals surface area contributed by atoms with Gasteiger partial charge in [0.05, 0.1) is 12.1 Å². The zero-order valence-corrected chi connectivity index (χ0v) is 14.3. The second-order valence-corrected chi connectivity index (χ2v) is 6.32. The average Bonchev–Trinajstić information content (AvgIpc) is 3.06. The largest absolute Gasteiger partial charge is 0.368 e. The number of nitrogen functional groups attached to an aromatic ring is 1. The molecule has 3 heterocycles. The molecule has 4 rings (SSSR count). The van der Waals surface area contributed by atoms with Crippen molar-refractivity contribution in [3.8, 4) is 0 Å². The van der Waals surface area contributed by atoms with Gasteiger partial charge in [0, 0.05) is 10.4 Å². The molecular weight excluding hydrogens is 350 g/mol. The lowest BCUT2D eigenvalue weighted by atomic mass is 10.1. The van der Waals surface area contributed by atoms with E-state index in [0.29, 0.717) is 16.6 Å². The first-order valence-corrected chi connectivity index (χ1v) is 8.47. The summed E-state index contributed by atoms with van der Waals surface area (Å²) < 4.78 is 25.1. The van der Waals surface area contributed by atoms with Crippen molar-refractivity contribution in [3.05, 3.63) is 29.5 Å². The summed E-state index contributed by atoms with van der Waals surface area (Å²) in [5.74, 6) is 0.303. The number of fused-ring (bicyclic) bond motifs is 3. The highest BCUT2D eigenvalue weighted by molar-refractivity contribution is 6.31. The second-order valence-electron chi connectivity index (χ2n) is 5.88. The fourth-order valence-electron chi connectivity index (χ4n) is 2.89. The Kier molecular flexibility index (Phi) is 5.60. The summed E-state index contributed by atoms with van der Waals surface area (Å²) in [4.78, 5) is 10.2. The van der Waals surface area contributed by atoms with Crippen molar-refractivity contribution in [1.82, 2.24) is 24.5 Å². The van der Waals surface area contributed by atoms with Crippen LogP contribution in [0.5, 0.6) is 0 Å². The summed E-state index contributed by atoms with van der Waals surface area (Å²) in [6.45, 7) is 1.70. The van der Waals surface area contributed by atoms with Crippen molar-refractivity contribution < 1.29 is 8.78 Å². The van der Waals surface area contributed by atoms with E-state index in [0.717, 1.165) is 36.8 Å². The number of nitrogens with two attached hydrogens (primary N) is 1. The predicted octanol–water partition coefficient (Wildman–Crippen LogP) is 3.25. The highest BCUT2D eigenvalue weighted by atomic mass is 35.5. The van der Waals surface area contributed by atoms with E-state index in [4.69, 9.17) is 17.3 Å². The van der Waals surface area contributed by atoms with Gasteiger partial charge < -0.3 is 5.73 Å². The molecule has 9 heteroatoms. The number of rotatable bonds is 2. The number of alkyl halides is 2. The Morgan fingerprint density at radius 2 is 1.96 bits per heavy atom. The molecule has 0 saturated carbocycles. The maximum absolute atomic E-state index is 11.8. The van der Waals surface area contributed by atoms with Gasteiger partial charge in [-0.25, -0.2) is 18.7 Å². The maximum Gasteiger partial charge on any atom is 0.251 e. The molecule has 0 spiro atoms. The zero-order chi connectivity index (χ0) is 17.8. The first kappa shape index (κ1) is 17.8. The zero-order valence-electron chi connectivity index (χ0n) is 13.6. The minimum absolute atomic E-state index is 0.0278. The standard InChI is InChI=1S/C9H6ClN5.C7H13F2N/c10-5-1-2-6-7(3-5)14-9(11)15-8(6)12-4-13-15;8-7(9)6-10-4-2-1-3-5-10/h1-4H,(H2,11,14);7H,1-6H2. The van der Waals surface area contributed by atoms with Crippen LogP contribution in [0.2, 0.25) is 5.02 Å². The highest BCUT2D eigenvalue weighted by Gasteiger charge is 2.14. The number of likely N-dealkylation sites (tertiary alicyclic amines) is 1. The quantitative estimate of drug-likeness (QED) is 0.751. The molecule has 1 aliphatic heterocycles. The number of benzene rings is 1. The average molecular weight is 369 g/mol. The van der Waals surface area contributed by atoms with E-state index in [1.54, 1.807) is 12.1 Å². The molecule has 2 aromatic heterocycles. The molecule has 6 nitrogen and oxygen atoms in total. The van der Waals surface area contributed by atoms with E-state index in [-0.39, 0.29) is 6.54 Å². The van der Waals surface area contributed by atoms with Crippen molar-refractivity contribution in [2.24, 2.45) is 0 Å². The number of hydrogen-bond acceptors (Lipinski definition) is 5. The number of anilines is 1. The van der Waals surface area contributed by atoms with E-state index in [1.165, 1.54) is 17.3 Å². The van der Waals surface area contributed by atoms with Crippen LogP contribution in [0.1, 0.15) is 19.3 Å². The Labute approximate surface area is 148 Å². The molecule has 1 fully saturated rings. The van der Waals surface area contributed by atoms with Gasteiger partial charge in [-0.2, -0.15) is 9.61 Å². The first-order valence-electron chi connectivity index (χ1n) is 8.09. The second kappa shape index (κ2) is 7.88. The first-order chi connectivity index (χ1) is 12.0. The van der Waals surface area contributed by atoms with Gasteiger partial charge in [0.2, 0.25) is 5.95 Å².